The molecule has 3 amide bonds. The molecule has 0 saturated carbocycles. The number of likely N-dealkylation sites (N-methyl/N-ethyl adjacent to an activating group) is 1. The lowest BCUT2D eigenvalue weighted by atomic mass is 9.97. The fourth-order valence-corrected chi connectivity index (χ4v) is 4.94. The van der Waals surface area contributed by atoms with Gasteiger partial charge in [0.25, 0.3) is 0 Å². The van der Waals surface area contributed by atoms with E-state index < -0.39 is 30.1 Å². The van der Waals surface area contributed by atoms with Crippen LogP contribution in [0.3, 0.4) is 0 Å². The van der Waals surface area contributed by atoms with Crippen molar-refractivity contribution in [2.24, 2.45) is 5.92 Å². The molecule has 0 fully saturated rings. The van der Waals surface area contributed by atoms with E-state index >= 15 is 0 Å². The van der Waals surface area contributed by atoms with Crippen LogP contribution in [0.15, 0.2) is 91.1 Å². The molecule has 220 valence electrons. The van der Waals surface area contributed by atoms with E-state index in [9.17, 15) is 14.4 Å². The fraction of sp³-hybridized carbons (Fsp3) is 0.324. The first-order chi connectivity index (χ1) is 20.2. The third-order valence-corrected chi connectivity index (χ3v) is 7.19. The van der Waals surface area contributed by atoms with Crippen molar-refractivity contribution in [1.29, 1.82) is 0 Å². The number of hydrogen-bond acceptors (Lipinski definition) is 5. The van der Waals surface area contributed by atoms with Crippen LogP contribution in [0.5, 0.6) is 5.75 Å². The van der Waals surface area contributed by atoms with Crippen molar-refractivity contribution in [3.8, 4) is 5.75 Å². The minimum Gasteiger partial charge on any atom is -0.483 e. The zero-order valence-electron chi connectivity index (χ0n) is 24.6. The second-order valence-corrected chi connectivity index (χ2v) is 11.2. The number of ether oxygens (including phenoxy) is 1. The summed E-state index contributed by atoms with van der Waals surface area (Å²) in [5, 5.41) is 8.74. The monoisotopic (exact) mass is 568 g/mol. The van der Waals surface area contributed by atoms with E-state index in [-0.39, 0.29) is 17.7 Å². The summed E-state index contributed by atoms with van der Waals surface area (Å²) in [6.45, 7) is 3.98. The van der Waals surface area contributed by atoms with Gasteiger partial charge in [0.2, 0.25) is 17.7 Å². The normalized spacial score (nSPS) is 20.7. The first-order valence-corrected chi connectivity index (χ1v) is 14.3. The molecule has 2 heterocycles. The minimum atomic E-state index is -1.14. The molecule has 2 aliphatic rings. The fourth-order valence-electron chi connectivity index (χ4n) is 4.94. The summed E-state index contributed by atoms with van der Waals surface area (Å²) >= 11 is 0. The van der Waals surface area contributed by atoms with Gasteiger partial charge in [0.15, 0.2) is 6.10 Å². The van der Waals surface area contributed by atoms with Gasteiger partial charge in [-0.3, -0.25) is 19.3 Å². The highest BCUT2D eigenvalue weighted by Gasteiger charge is 2.37. The molecule has 3 N–H and O–H groups in total. The molecular formula is C34H40N4O4. The first kappa shape index (κ1) is 30.5. The lowest BCUT2D eigenvalue weighted by Crippen LogP contribution is -2.58. The van der Waals surface area contributed by atoms with Gasteiger partial charge in [0.1, 0.15) is 17.8 Å². The third-order valence-electron chi connectivity index (χ3n) is 7.19. The van der Waals surface area contributed by atoms with Crippen molar-refractivity contribution in [2.75, 3.05) is 14.1 Å². The molecule has 42 heavy (non-hydrogen) atoms. The smallest absolute Gasteiger partial charge is 0.247 e. The third kappa shape index (κ3) is 8.30. The summed E-state index contributed by atoms with van der Waals surface area (Å²) < 4.78 is 6.47. The summed E-state index contributed by atoms with van der Waals surface area (Å²) in [6.07, 6.45) is 3.36. The quantitative estimate of drug-likeness (QED) is 0.380. The zero-order chi connectivity index (χ0) is 30.1. The number of nitrogens with one attached hydrogen (secondary N) is 3. The van der Waals surface area contributed by atoms with Gasteiger partial charge in [0.05, 0.1) is 6.04 Å². The highest BCUT2D eigenvalue weighted by Crippen LogP contribution is 2.27. The summed E-state index contributed by atoms with van der Waals surface area (Å²) in [5.74, 6) is -0.486. The van der Waals surface area contributed by atoms with Crippen LogP contribution in [0.1, 0.15) is 43.1 Å². The number of benzene rings is 3. The van der Waals surface area contributed by atoms with E-state index in [1.165, 1.54) is 0 Å². The maximum absolute atomic E-state index is 14.1. The average molecular weight is 569 g/mol. The second-order valence-electron chi connectivity index (χ2n) is 11.2. The number of carbonyl (C=O) groups is 3. The Morgan fingerprint density at radius 3 is 2.17 bits per heavy atom. The van der Waals surface area contributed by atoms with Crippen molar-refractivity contribution >= 4 is 23.8 Å². The number of rotatable bonds is 8. The number of amides is 3. The molecule has 8 nitrogen and oxygen atoms in total. The Kier molecular flexibility index (Phi) is 10.5. The van der Waals surface area contributed by atoms with Crippen LogP contribution < -0.4 is 20.7 Å². The van der Waals surface area contributed by atoms with E-state index in [2.05, 4.69) is 16.0 Å². The van der Waals surface area contributed by atoms with Crippen LogP contribution >= 0.6 is 0 Å². The van der Waals surface area contributed by atoms with E-state index in [0.717, 1.165) is 11.1 Å². The number of fused-ring (bicyclic) bond motifs is 10. The standard InChI is InChI=1S/C34H40N4O4/c1-23(2)21-28-32(39)35-20-19-24-15-17-27(18-16-24)42-31(26-13-9-6-10-14-26)30(34(41)36-28)37-33(40)29(38(3)4)22-25-11-7-5-8-12-25/h5-20,23,28-31H,21-22H2,1-4H3,(H,35,39)(H,36,41)(H,37,40)/b20-19-/t28-,29-,30-,31-/m0/s1. The SMILES string of the molecule is CC(C)C[C@@H]1NC(=O)[C@@H](NC(=O)[C@H](Cc2ccccc2)N(C)C)[C@H](c2ccccc2)Oc2ccc(cc2)/C=C\NC1=O. The predicted molar refractivity (Wildman–Crippen MR) is 164 cm³/mol. The van der Waals surface area contributed by atoms with Crippen molar-refractivity contribution in [3.63, 3.8) is 0 Å². The van der Waals surface area contributed by atoms with Crippen LogP contribution in [-0.4, -0.2) is 54.8 Å². The molecular weight excluding hydrogens is 528 g/mol. The summed E-state index contributed by atoms with van der Waals surface area (Å²) in [7, 11) is 3.67. The van der Waals surface area contributed by atoms with Crippen LogP contribution in [0.4, 0.5) is 0 Å². The highest BCUT2D eigenvalue weighted by molar-refractivity contribution is 5.94. The van der Waals surface area contributed by atoms with Crippen molar-refractivity contribution < 1.29 is 19.1 Å². The van der Waals surface area contributed by atoms with E-state index in [0.29, 0.717) is 24.2 Å². The highest BCUT2D eigenvalue weighted by atomic mass is 16.5. The Labute approximate surface area is 248 Å². The van der Waals surface area contributed by atoms with E-state index in [1.54, 1.807) is 24.4 Å². The Morgan fingerprint density at radius 2 is 1.55 bits per heavy atom. The summed E-state index contributed by atoms with van der Waals surface area (Å²) in [5.41, 5.74) is 2.59. The molecule has 2 bridgehead atoms. The van der Waals surface area contributed by atoms with Crippen molar-refractivity contribution in [3.05, 3.63) is 108 Å². The largest absolute Gasteiger partial charge is 0.483 e. The molecule has 3 aromatic rings. The number of hydrogen-bond donors (Lipinski definition) is 3. The Bertz CT molecular complexity index is 1360. The summed E-state index contributed by atoms with van der Waals surface area (Å²) in [4.78, 5) is 43.1. The Morgan fingerprint density at radius 1 is 0.905 bits per heavy atom. The lowest BCUT2D eigenvalue weighted by Gasteiger charge is -2.32. The molecule has 4 atom stereocenters. The van der Waals surface area contributed by atoms with Gasteiger partial charge in [-0.2, -0.15) is 0 Å². The van der Waals surface area contributed by atoms with Crippen LogP contribution in [0.2, 0.25) is 0 Å². The molecule has 0 radical (unpaired) electrons. The molecule has 3 aromatic carbocycles. The van der Waals surface area contributed by atoms with Crippen LogP contribution in [-0.2, 0) is 20.8 Å². The Hall–Kier alpha value is -4.43. The van der Waals surface area contributed by atoms with E-state index in [4.69, 9.17) is 4.74 Å². The lowest BCUT2D eigenvalue weighted by molar-refractivity contribution is -0.135. The molecule has 0 aromatic heterocycles. The number of nitrogens with zero attached hydrogens (tertiary/aromatic N) is 1. The van der Waals surface area contributed by atoms with Gasteiger partial charge >= 0.3 is 0 Å². The van der Waals surface area contributed by atoms with Gasteiger partial charge in [-0.05, 0) is 67.8 Å². The van der Waals surface area contributed by atoms with Gasteiger partial charge in [-0.1, -0.05) is 86.6 Å². The Balaban J connectivity index is 1.75. The van der Waals surface area contributed by atoms with Crippen LogP contribution in [0, 0.1) is 5.92 Å². The van der Waals surface area contributed by atoms with Crippen molar-refractivity contribution in [1.82, 2.24) is 20.9 Å². The van der Waals surface area contributed by atoms with Crippen LogP contribution in [0.25, 0.3) is 6.08 Å². The maximum Gasteiger partial charge on any atom is 0.247 e. The van der Waals surface area contributed by atoms with Crippen molar-refractivity contribution in [2.45, 2.75) is 50.9 Å². The van der Waals surface area contributed by atoms with Gasteiger partial charge < -0.3 is 20.7 Å². The van der Waals surface area contributed by atoms with Gasteiger partial charge in [-0.15, -0.1) is 0 Å². The molecule has 0 aliphatic carbocycles. The topological polar surface area (TPSA) is 99.8 Å². The molecule has 2 aliphatic heterocycles. The second kappa shape index (κ2) is 14.5. The van der Waals surface area contributed by atoms with Gasteiger partial charge in [0, 0.05) is 6.20 Å². The maximum atomic E-state index is 14.1. The molecule has 0 saturated heterocycles. The molecule has 0 unspecified atom stereocenters. The summed E-state index contributed by atoms with van der Waals surface area (Å²) in [6, 6.07) is 23.9. The average Bonchev–Trinajstić information content (AvgIpc) is 2.98. The minimum absolute atomic E-state index is 0.133. The predicted octanol–water partition coefficient (Wildman–Crippen LogP) is 4.10. The molecule has 0 spiro atoms. The zero-order valence-corrected chi connectivity index (χ0v) is 24.6. The van der Waals surface area contributed by atoms with E-state index in [1.807, 2.05) is 106 Å². The first-order valence-electron chi connectivity index (χ1n) is 14.3. The van der Waals surface area contributed by atoms with Gasteiger partial charge in [-0.25, -0.2) is 0 Å². The number of carbonyl (C=O) groups excluding carboxylic acids is 3. The molecule has 8 heteroatoms. The molecule has 5 rings (SSSR count).